The van der Waals surface area contributed by atoms with Crippen LogP contribution in [-0.2, 0) is 22.6 Å². The summed E-state index contributed by atoms with van der Waals surface area (Å²) in [6, 6.07) is 11.3. The Labute approximate surface area is 170 Å². The van der Waals surface area contributed by atoms with Gasteiger partial charge < -0.3 is 25.1 Å². The van der Waals surface area contributed by atoms with E-state index in [2.05, 4.69) is 20.9 Å². The number of guanidine groups is 1. The number of rotatable bonds is 8. The largest absolute Gasteiger partial charge is 0.467 e. The minimum atomic E-state index is -0.184. The van der Waals surface area contributed by atoms with E-state index in [0.29, 0.717) is 19.0 Å². The van der Waals surface area contributed by atoms with Crippen LogP contribution in [0.4, 0.5) is 5.69 Å². The van der Waals surface area contributed by atoms with Crippen molar-refractivity contribution < 1.29 is 13.9 Å². The highest BCUT2D eigenvalue weighted by Gasteiger charge is 2.03. The molecule has 7 nitrogen and oxygen atoms in total. The first-order valence-electron chi connectivity index (χ1n) is 8.13. The van der Waals surface area contributed by atoms with Crippen LogP contribution in [0.2, 0.25) is 0 Å². The summed E-state index contributed by atoms with van der Waals surface area (Å²) in [4.78, 5) is 16.1. The summed E-state index contributed by atoms with van der Waals surface area (Å²) < 4.78 is 10.1. The maximum absolute atomic E-state index is 11.6. The number of anilines is 1. The van der Waals surface area contributed by atoms with Crippen molar-refractivity contribution >= 4 is 41.5 Å². The first-order valence-corrected chi connectivity index (χ1v) is 8.13. The highest BCUT2D eigenvalue weighted by molar-refractivity contribution is 14.0. The van der Waals surface area contributed by atoms with Crippen LogP contribution in [0.15, 0.2) is 52.1 Å². The topological polar surface area (TPSA) is 87.9 Å². The molecule has 26 heavy (non-hydrogen) atoms. The molecule has 0 aliphatic carbocycles. The molecule has 0 saturated heterocycles. The number of nitrogens with zero attached hydrogens (tertiary/aromatic N) is 1. The monoisotopic (exact) mass is 472 g/mol. The summed E-state index contributed by atoms with van der Waals surface area (Å²) in [5.74, 6) is 1.36. The first-order chi connectivity index (χ1) is 12.2. The summed E-state index contributed by atoms with van der Waals surface area (Å²) in [6.07, 6.45) is 1.64. The molecule has 0 aliphatic rings. The Morgan fingerprint density at radius 1 is 1.23 bits per heavy atom. The molecule has 8 heteroatoms. The highest BCUT2D eigenvalue weighted by Crippen LogP contribution is 2.11. The molecule has 3 N–H and O–H groups in total. The minimum absolute atomic E-state index is 0. The molecule has 1 amide bonds. The van der Waals surface area contributed by atoms with Gasteiger partial charge in [-0.15, -0.1) is 24.0 Å². The number of hydrogen-bond acceptors (Lipinski definition) is 4. The third-order valence-corrected chi connectivity index (χ3v) is 3.26. The molecular weight excluding hydrogens is 447 g/mol. The normalized spacial score (nSPS) is 10.8. The van der Waals surface area contributed by atoms with Gasteiger partial charge in [0.1, 0.15) is 12.4 Å². The molecule has 1 aromatic carbocycles. The molecule has 0 saturated carbocycles. The first kappa shape index (κ1) is 22.0. The highest BCUT2D eigenvalue weighted by atomic mass is 127. The van der Waals surface area contributed by atoms with E-state index in [9.17, 15) is 4.79 Å². The van der Waals surface area contributed by atoms with E-state index in [4.69, 9.17) is 9.15 Å². The number of halogens is 1. The van der Waals surface area contributed by atoms with Gasteiger partial charge in [-0.2, -0.15) is 0 Å². The second-order valence-corrected chi connectivity index (χ2v) is 5.31. The zero-order chi connectivity index (χ0) is 17.9. The fourth-order valence-electron chi connectivity index (χ4n) is 2.17. The second kappa shape index (κ2) is 12.3. The van der Waals surface area contributed by atoms with E-state index in [1.54, 1.807) is 6.26 Å². The maximum Gasteiger partial charge on any atom is 0.250 e. The predicted octanol–water partition coefficient (Wildman–Crippen LogP) is 2.74. The third-order valence-electron chi connectivity index (χ3n) is 3.26. The maximum atomic E-state index is 11.6. The number of aliphatic imine (C=N–C) groups is 1. The zero-order valence-electron chi connectivity index (χ0n) is 15.0. The molecule has 142 valence electrons. The molecule has 0 unspecified atom stereocenters. The third kappa shape index (κ3) is 7.87. The summed E-state index contributed by atoms with van der Waals surface area (Å²) in [5, 5.41) is 9.19. The molecule has 0 radical (unpaired) electrons. The van der Waals surface area contributed by atoms with E-state index >= 15 is 0 Å². The minimum Gasteiger partial charge on any atom is -0.467 e. The Morgan fingerprint density at radius 3 is 2.77 bits per heavy atom. The van der Waals surface area contributed by atoms with Gasteiger partial charge >= 0.3 is 0 Å². The van der Waals surface area contributed by atoms with Crippen molar-refractivity contribution in [2.45, 2.75) is 20.0 Å². The average molecular weight is 472 g/mol. The molecule has 0 aliphatic heterocycles. The number of hydrogen-bond donors (Lipinski definition) is 3. The van der Waals surface area contributed by atoms with Crippen molar-refractivity contribution in [3.05, 3.63) is 54.0 Å². The lowest BCUT2D eigenvalue weighted by Crippen LogP contribution is -2.36. The molecule has 0 atom stereocenters. The average Bonchev–Trinajstić information content (AvgIpc) is 3.11. The second-order valence-electron chi connectivity index (χ2n) is 5.31. The van der Waals surface area contributed by atoms with Crippen molar-refractivity contribution in [2.24, 2.45) is 4.99 Å². The molecule has 1 aromatic heterocycles. The van der Waals surface area contributed by atoms with Crippen molar-refractivity contribution in [1.82, 2.24) is 10.6 Å². The van der Waals surface area contributed by atoms with E-state index in [-0.39, 0.29) is 36.5 Å². The summed E-state index contributed by atoms with van der Waals surface area (Å²) >= 11 is 0. The zero-order valence-corrected chi connectivity index (χ0v) is 17.3. The van der Waals surface area contributed by atoms with Crippen molar-refractivity contribution in [2.75, 3.05) is 25.6 Å². The number of ether oxygens (including phenoxy) is 1. The van der Waals surface area contributed by atoms with Crippen LogP contribution in [0.1, 0.15) is 18.2 Å². The predicted molar refractivity (Wildman–Crippen MR) is 113 cm³/mol. The van der Waals surface area contributed by atoms with Gasteiger partial charge in [-0.25, -0.2) is 4.99 Å². The van der Waals surface area contributed by atoms with Gasteiger partial charge in [0.25, 0.3) is 0 Å². The quantitative estimate of drug-likeness (QED) is 0.313. The number of methoxy groups -OCH3 is 1. The number of amides is 1. The van der Waals surface area contributed by atoms with E-state index in [1.165, 1.54) is 7.11 Å². The van der Waals surface area contributed by atoms with Crippen molar-refractivity contribution in [1.29, 1.82) is 0 Å². The molecule has 1 heterocycles. The van der Waals surface area contributed by atoms with Crippen LogP contribution < -0.4 is 16.0 Å². The van der Waals surface area contributed by atoms with Crippen LogP contribution in [0, 0.1) is 0 Å². The van der Waals surface area contributed by atoms with Gasteiger partial charge in [-0.1, -0.05) is 12.1 Å². The number of carbonyl (C=O) groups excluding carboxylic acids is 1. The van der Waals surface area contributed by atoms with Gasteiger partial charge in [0.2, 0.25) is 5.91 Å². The molecular formula is C18H25IN4O3. The van der Waals surface area contributed by atoms with E-state index in [1.807, 2.05) is 43.3 Å². The lowest BCUT2D eigenvalue weighted by Gasteiger charge is -2.10. The van der Waals surface area contributed by atoms with Crippen LogP contribution in [0.3, 0.4) is 0 Å². The Kier molecular flexibility index (Phi) is 10.4. The Bertz CT molecular complexity index is 690. The fourth-order valence-corrected chi connectivity index (χ4v) is 2.17. The summed E-state index contributed by atoms with van der Waals surface area (Å²) in [7, 11) is 1.49. The van der Waals surface area contributed by atoms with Crippen LogP contribution in [-0.4, -0.2) is 32.1 Å². The number of furan rings is 1. The number of benzene rings is 1. The summed E-state index contributed by atoms with van der Waals surface area (Å²) in [6.45, 7) is 3.85. The van der Waals surface area contributed by atoms with Crippen LogP contribution in [0.25, 0.3) is 0 Å². The Hall–Kier alpha value is -2.07. The number of carbonyl (C=O) groups is 1. The van der Waals surface area contributed by atoms with Crippen LogP contribution in [0.5, 0.6) is 0 Å². The standard InChI is InChI=1S/C18H24N4O3.HI/c1-3-19-18(21-12-16-8-5-9-25-16)20-11-14-6-4-7-15(10-14)22-17(23)13-24-2;/h4-10H,3,11-13H2,1-2H3,(H,22,23)(H2,19,20,21);1H. The van der Waals surface area contributed by atoms with E-state index in [0.717, 1.165) is 23.6 Å². The molecule has 0 bridgehead atoms. The van der Waals surface area contributed by atoms with Crippen molar-refractivity contribution in [3.8, 4) is 0 Å². The molecule has 2 aromatic rings. The Morgan fingerprint density at radius 2 is 2.08 bits per heavy atom. The lowest BCUT2D eigenvalue weighted by molar-refractivity contribution is -0.119. The van der Waals surface area contributed by atoms with Gasteiger partial charge in [0.15, 0.2) is 5.96 Å². The van der Waals surface area contributed by atoms with Gasteiger partial charge in [0.05, 0.1) is 19.4 Å². The Balaban J connectivity index is 0.00000338. The number of nitrogens with one attached hydrogen (secondary N) is 3. The fraction of sp³-hybridized carbons (Fsp3) is 0.333. The van der Waals surface area contributed by atoms with Gasteiger partial charge in [-0.05, 0) is 36.8 Å². The lowest BCUT2D eigenvalue weighted by atomic mass is 10.2. The van der Waals surface area contributed by atoms with Gasteiger partial charge in [-0.3, -0.25) is 4.79 Å². The smallest absolute Gasteiger partial charge is 0.250 e. The summed E-state index contributed by atoms with van der Waals surface area (Å²) in [5.41, 5.74) is 1.72. The SMILES string of the molecule is CCNC(=NCc1cccc(NC(=O)COC)c1)NCc1ccco1.I. The molecule has 0 spiro atoms. The van der Waals surface area contributed by atoms with E-state index < -0.39 is 0 Å². The van der Waals surface area contributed by atoms with Crippen LogP contribution >= 0.6 is 24.0 Å². The van der Waals surface area contributed by atoms with Gasteiger partial charge in [0, 0.05) is 19.3 Å². The molecule has 0 fully saturated rings. The van der Waals surface area contributed by atoms with Crippen molar-refractivity contribution in [3.63, 3.8) is 0 Å². The molecule has 2 rings (SSSR count).